The van der Waals surface area contributed by atoms with Gasteiger partial charge in [-0.25, -0.2) is 4.98 Å². The van der Waals surface area contributed by atoms with Crippen LogP contribution in [0.3, 0.4) is 0 Å². The summed E-state index contributed by atoms with van der Waals surface area (Å²) in [5.41, 5.74) is 2.29. The number of carbonyl (C=O) groups excluding carboxylic acids is 1. The maximum Gasteiger partial charge on any atom is 0.243 e. The molecule has 1 unspecified atom stereocenters. The summed E-state index contributed by atoms with van der Waals surface area (Å²) >= 11 is 0. The summed E-state index contributed by atoms with van der Waals surface area (Å²) < 4.78 is 5.27. The van der Waals surface area contributed by atoms with E-state index >= 15 is 0 Å². The van der Waals surface area contributed by atoms with E-state index in [0.717, 1.165) is 62.9 Å². The fraction of sp³-hybridized carbons (Fsp3) is 0.500. The second-order valence-corrected chi connectivity index (χ2v) is 8.49. The van der Waals surface area contributed by atoms with Crippen molar-refractivity contribution < 1.29 is 9.53 Å². The Labute approximate surface area is 185 Å². The third kappa shape index (κ3) is 4.93. The molecule has 0 aliphatic carbocycles. The Hall–Kier alpha value is -2.80. The number of rotatable bonds is 7. The predicted octanol–water partition coefficient (Wildman–Crippen LogP) is 2.95. The number of anilines is 2. The highest BCUT2D eigenvalue weighted by Crippen LogP contribution is 2.29. The summed E-state index contributed by atoms with van der Waals surface area (Å²) in [6.45, 7) is 10.0. The van der Waals surface area contributed by atoms with Crippen molar-refractivity contribution in [3.63, 3.8) is 0 Å². The second kappa shape index (κ2) is 9.56. The number of carbonyl (C=O) groups is 1. The molecular formula is C24H33N5O2. The molecule has 31 heavy (non-hydrogen) atoms. The first-order valence-corrected chi connectivity index (χ1v) is 11.2. The van der Waals surface area contributed by atoms with Crippen molar-refractivity contribution >= 4 is 17.4 Å². The van der Waals surface area contributed by atoms with Crippen molar-refractivity contribution in [3.05, 3.63) is 48.2 Å². The Kier molecular flexibility index (Phi) is 6.61. The van der Waals surface area contributed by atoms with Crippen molar-refractivity contribution in [2.45, 2.75) is 32.7 Å². The summed E-state index contributed by atoms with van der Waals surface area (Å²) in [6, 6.07) is 12.3. The van der Waals surface area contributed by atoms with Gasteiger partial charge in [0.2, 0.25) is 5.91 Å². The number of hydrogen-bond donors (Lipinski definition) is 0. The Morgan fingerprint density at radius 3 is 2.48 bits per heavy atom. The maximum atomic E-state index is 12.6. The fourth-order valence-electron chi connectivity index (χ4n) is 4.50. The van der Waals surface area contributed by atoms with Gasteiger partial charge in [0, 0.05) is 45.5 Å². The lowest BCUT2D eigenvalue weighted by molar-refractivity contribution is -0.128. The Balaban J connectivity index is 1.28. The van der Waals surface area contributed by atoms with Crippen LogP contribution >= 0.6 is 0 Å². The number of aromatic nitrogens is 1. The number of pyridine rings is 1. The quantitative estimate of drug-likeness (QED) is 0.683. The number of amides is 1. The molecule has 4 rings (SSSR count). The molecule has 0 radical (unpaired) electrons. The van der Waals surface area contributed by atoms with Gasteiger partial charge < -0.3 is 9.64 Å². The largest absolute Gasteiger partial charge is 0.497 e. The van der Waals surface area contributed by atoms with E-state index < -0.39 is 0 Å². The molecule has 1 amide bonds. The van der Waals surface area contributed by atoms with Crippen LogP contribution in [0.25, 0.3) is 0 Å². The number of benzene rings is 1. The van der Waals surface area contributed by atoms with Crippen LogP contribution < -0.4 is 14.6 Å². The molecule has 1 atom stereocenters. The van der Waals surface area contributed by atoms with Gasteiger partial charge in [0.15, 0.2) is 0 Å². The number of hydrazine groups is 1. The zero-order valence-electron chi connectivity index (χ0n) is 18.8. The molecule has 7 heteroatoms. The maximum absolute atomic E-state index is 12.6. The van der Waals surface area contributed by atoms with Crippen molar-refractivity contribution in [3.8, 4) is 5.75 Å². The van der Waals surface area contributed by atoms with Gasteiger partial charge in [-0.2, -0.15) is 0 Å². The summed E-state index contributed by atoms with van der Waals surface area (Å²) in [5, 5.41) is 4.07. The van der Waals surface area contributed by atoms with Crippen LogP contribution in [0, 0.1) is 6.92 Å². The minimum atomic E-state index is 0.172. The summed E-state index contributed by atoms with van der Waals surface area (Å²) in [6.07, 6.45) is 3.42. The van der Waals surface area contributed by atoms with Gasteiger partial charge >= 0.3 is 0 Å². The van der Waals surface area contributed by atoms with E-state index in [9.17, 15) is 4.79 Å². The normalized spacial score (nSPS) is 19.9. The zero-order valence-corrected chi connectivity index (χ0v) is 18.8. The molecule has 2 fully saturated rings. The molecule has 2 saturated heterocycles. The minimum absolute atomic E-state index is 0.172. The van der Waals surface area contributed by atoms with Crippen molar-refractivity contribution in [1.29, 1.82) is 0 Å². The van der Waals surface area contributed by atoms with Gasteiger partial charge in [-0.15, -0.1) is 0 Å². The van der Waals surface area contributed by atoms with Crippen molar-refractivity contribution in [1.82, 2.24) is 14.9 Å². The molecule has 0 spiro atoms. The first kappa shape index (κ1) is 21.4. The number of hydrogen-bond acceptors (Lipinski definition) is 6. The van der Waals surface area contributed by atoms with Gasteiger partial charge in [0.1, 0.15) is 11.6 Å². The van der Waals surface area contributed by atoms with Crippen LogP contribution in [0.15, 0.2) is 42.6 Å². The van der Waals surface area contributed by atoms with Crippen LogP contribution in [0.4, 0.5) is 11.5 Å². The van der Waals surface area contributed by atoms with E-state index in [4.69, 9.17) is 4.74 Å². The average molecular weight is 424 g/mol. The van der Waals surface area contributed by atoms with Gasteiger partial charge in [-0.05, 0) is 62.2 Å². The highest BCUT2D eigenvalue weighted by molar-refractivity contribution is 5.82. The van der Waals surface area contributed by atoms with Crippen LogP contribution in [0.1, 0.15) is 25.3 Å². The molecule has 3 heterocycles. The standard InChI is InChI=1S/C24H33N5O2/c1-19-9-10-25-23(17-19)27-15-13-26(14-16-27)11-4-12-28-24(30)18-20(2)29(28)21-5-7-22(31-3)8-6-21/h5-10,17,20H,4,11-16,18H2,1-3H3. The highest BCUT2D eigenvalue weighted by atomic mass is 16.5. The molecule has 0 N–H and O–H groups in total. The lowest BCUT2D eigenvalue weighted by Gasteiger charge is -2.36. The Morgan fingerprint density at radius 1 is 1.06 bits per heavy atom. The van der Waals surface area contributed by atoms with Crippen LogP contribution in [-0.2, 0) is 4.79 Å². The fourth-order valence-corrected chi connectivity index (χ4v) is 4.50. The molecule has 0 saturated carbocycles. The van der Waals surface area contributed by atoms with Crippen LogP contribution in [0.2, 0.25) is 0 Å². The lowest BCUT2D eigenvalue weighted by Crippen LogP contribution is -2.48. The second-order valence-electron chi connectivity index (χ2n) is 8.49. The number of aryl methyl sites for hydroxylation is 1. The van der Waals surface area contributed by atoms with Gasteiger partial charge in [-0.1, -0.05) is 0 Å². The molecule has 1 aromatic carbocycles. The smallest absolute Gasteiger partial charge is 0.243 e. The van der Waals surface area contributed by atoms with Crippen LogP contribution in [-0.4, -0.2) is 73.2 Å². The van der Waals surface area contributed by atoms with E-state index in [-0.39, 0.29) is 11.9 Å². The number of methoxy groups -OCH3 is 1. The summed E-state index contributed by atoms with van der Waals surface area (Å²) in [4.78, 5) is 22.0. The molecule has 2 aromatic rings. The topological polar surface area (TPSA) is 52.2 Å². The predicted molar refractivity (Wildman–Crippen MR) is 124 cm³/mol. The van der Waals surface area contributed by atoms with Gasteiger partial charge in [0.05, 0.1) is 25.3 Å². The first-order chi connectivity index (χ1) is 15.0. The molecule has 7 nitrogen and oxygen atoms in total. The summed E-state index contributed by atoms with van der Waals surface area (Å²) in [7, 11) is 1.67. The van der Waals surface area contributed by atoms with Crippen molar-refractivity contribution in [2.75, 3.05) is 56.3 Å². The van der Waals surface area contributed by atoms with E-state index in [1.54, 1.807) is 7.11 Å². The van der Waals surface area contributed by atoms with E-state index in [1.807, 2.05) is 41.5 Å². The van der Waals surface area contributed by atoms with Gasteiger partial charge in [0.25, 0.3) is 0 Å². The highest BCUT2D eigenvalue weighted by Gasteiger charge is 2.35. The third-order valence-electron chi connectivity index (χ3n) is 6.21. The zero-order chi connectivity index (χ0) is 21.8. The number of piperazine rings is 1. The lowest BCUT2D eigenvalue weighted by atomic mass is 10.2. The van der Waals surface area contributed by atoms with Crippen molar-refractivity contribution in [2.24, 2.45) is 0 Å². The minimum Gasteiger partial charge on any atom is -0.497 e. The first-order valence-electron chi connectivity index (χ1n) is 11.2. The molecule has 2 aliphatic heterocycles. The van der Waals surface area contributed by atoms with E-state index in [0.29, 0.717) is 6.42 Å². The number of ether oxygens (including phenoxy) is 1. The molecular weight excluding hydrogens is 390 g/mol. The molecule has 0 bridgehead atoms. The molecule has 166 valence electrons. The SMILES string of the molecule is COc1ccc(N2C(C)CC(=O)N2CCCN2CCN(c3cc(C)ccn3)CC2)cc1. The van der Waals surface area contributed by atoms with Gasteiger partial charge in [-0.3, -0.25) is 19.7 Å². The monoisotopic (exact) mass is 423 g/mol. The number of nitrogens with zero attached hydrogens (tertiary/aromatic N) is 5. The average Bonchev–Trinajstić information content (AvgIpc) is 3.07. The molecule has 2 aliphatic rings. The van der Waals surface area contributed by atoms with E-state index in [2.05, 4.69) is 39.7 Å². The molecule has 1 aromatic heterocycles. The Morgan fingerprint density at radius 2 is 1.81 bits per heavy atom. The van der Waals surface area contributed by atoms with Crippen LogP contribution in [0.5, 0.6) is 5.75 Å². The van der Waals surface area contributed by atoms with E-state index in [1.165, 1.54) is 5.56 Å². The summed E-state index contributed by atoms with van der Waals surface area (Å²) in [5.74, 6) is 2.11. The third-order valence-corrected chi connectivity index (χ3v) is 6.21. The Bertz CT molecular complexity index is 880.